The van der Waals surface area contributed by atoms with Crippen LogP contribution in [-0.4, -0.2) is 0 Å². The van der Waals surface area contributed by atoms with E-state index in [4.69, 9.17) is 0 Å². The Bertz CT molecular complexity index is 2940. The van der Waals surface area contributed by atoms with E-state index in [1.165, 1.54) is 81.1 Å². The molecule has 0 unspecified atom stereocenters. The first-order chi connectivity index (χ1) is 27.2. The van der Waals surface area contributed by atoms with Gasteiger partial charge in [0.05, 0.1) is 0 Å². The lowest BCUT2D eigenvalue weighted by atomic mass is 9.90. The highest BCUT2D eigenvalue weighted by molar-refractivity contribution is 7.26. The van der Waals surface area contributed by atoms with Gasteiger partial charge in [0.15, 0.2) is 0 Å². The number of nitrogens with zero attached hydrogens (tertiary/aromatic N) is 1. The Morgan fingerprint density at radius 2 is 0.855 bits per heavy atom. The molecule has 11 rings (SSSR count). The maximum absolute atomic E-state index is 3.69. The number of hydrogen-bond acceptors (Lipinski definition) is 3. The zero-order valence-electron chi connectivity index (χ0n) is 29.9. The topological polar surface area (TPSA) is 15.3 Å². The highest BCUT2D eigenvalue weighted by atomic mass is 32.1. The fraction of sp³-hybridized carbons (Fsp3) is 0. The van der Waals surface area contributed by atoms with Crippen molar-refractivity contribution in [2.45, 2.75) is 0 Å². The molecule has 0 atom stereocenters. The summed E-state index contributed by atoms with van der Waals surface area (Å²) < 4.78 is 2.65. The summed E-state index contributed by atoms with van der Waals surface area (Å²) >= 11 is 1.89. The smallest absolute Gasteiger partial charge is 0.0470 e. The van der Waals surface area contributed by atoms with Crippen LogP contribution in [-0.2, 0) is 0 Å². The summed E-state index contributed by atoms with van der Waals surface area (Å²) in [6.45, 7) is 0. The predicted molar refractivity (Wildman–Crippen MR) is 237 cm³/mol. The van der Waals surface area contributed by atoms with Gasteiger partial charge in [0.25, 0.3) is 0 Å². The van der Waals surface area contributed by atoms with Crippen LogP contribution in [0.25, 0.3) is 75.5 Å². The lowest BCUT2D eigenvalue weighted by molar-refractivity contribution is 1.28. The SMILES string of the molecule is c1ccc(-c2ccc(N(c3ccc(-c4ccccc4)cc3)c3ccc(-c4ccc5sc6c7cccc8c7c(cc6c5c4)-c4ccccc4N8)cc3)cc2)cc1. The van der Waals surface area contributed by atoms with Crippen LogP contribution in [0.15, 0.2) is 200 Å². The van der Waals surface area contributed by atoms with E-state index in [1.807, 2.05) is 11.3 Å². The third-order valence-electron chi connectivity index (χ3n) is 11.0. The van der Waals surface area contributed by atoms with Gasteiger partial charge in [0.1, 0.15) is 0 Å². The third-order valence-corrected chi connectivity index (χ3v) is 12.2. The van der Waals surface area contributed by atoms with Crippen molar-refractivity contribution in [3.8, 4) is 44.5 Å². The Kier molecular flexibility index (Phi) is 7.39. The second-order valence-corrected chi connectivity index (χ2v) is 15.3. The minimum atomic E-state index is 1.11. The van der Waals surface area contributed by atoms with Crippen LogP contribution in [0.1, 0.15) is 0 Å². The Morgan fingerprint density at radius 3 is 1.47 bits per heavy atom. The lowest BCUT2D eigenvalue weighted by Gasteiger charge is -2.26. The first-order valence-electron chi connectivity index (χ1n) is 18.8. The molecule has 1 aliphatic heterocycles. The molecule has 0 spiro atoms. The van der Waals surface area contributed by atoms with Crippen LogP contribution < -0.4 is 10.2 Å². The summed E-state index contributed by atoms with van der Waals surface area (Å²) in [6, 6.07) is 72.7. The molecular formula is C52H34N2S. The summed E-state index contributed by atoms with van der Waals surface area (Å²) in [5.74, 6) is 0. The minimum absolute atomic E-state index is 1.11. The number of hydrogen-bond donors (Lipinski definition) is 1. The van der Waals surface area contributed by atoms with Gasteiger partial charge in [-0.25, -0.2) is 0 Å². The van der Waals surface area contributed by atoms with E-state index in [-0.39, 0.29) is 0 Å². The van der Waals surface area contributed by atoms with E-state index in [2.05, 4.69) is 210 Å². The largest absolute Gasteiger partial charge is 0.354 e. The second-order valence-electron chi connectivity index (χ2n) is 14.2. The molecular weight excluding hydrogens is 685 g/mol. The first-order valence-corrected chi connectivity index (χ1v) is 19.6. The standard InChI is InChI=1S/C52H34N2S/c1-3-10-34(11-4-1)36-18-25-40(26-19-36)54(41-27-20-37(21-28-41)35-12-5-2-6-13-35)42-29-22-38(23-30-42)39-24-31-50-45(32-39)47-33-46-43-14-7-8-16-48(43)53-49-17-9-15-44(51(46)49)52(47)55-50/h1-33,53H. The Labute approximate surface area is 324 Å². The highest BCUT2D eigenvalue weighted by Crippen LogP contribution is 2.50. The normalized spacial score (nSPS) is 11.8. The lowest BCUT2D eigenvalue weighted by Crippen LogP contribution is -2.09. The van der Waals surface area contributed by atoms with E-state index in [0.717, 1.165) is 22.7 Å². The summed E-state index contributed by atoms with van der Waals surface area (Å²) in [5, 5.41) is 8.93. The maximum atomic E-state index is 3.69. The van der Waals surface area contributed by atoms with Crippen molar-refractivity contribution in [2.24, 2.45) is 0 Å². The average molecular weight is 719 g/mol. The zero-order valence-corrected chi connectivity index (χ0v) is 30.7. The summed E-state index contributed by atoms with van der Waals surface area (Å²) in [5.41, 5.74) is 15.5. The molecule has 1 N–H and O–H groups in total. The van der Waals surface area contributed by atoms with Gasteiger partial charge in [-0.2, -0.15) is 0 Å². The van der Waals surface area contributed by atoms with E-state index in [0.29, 0.717) is 0 Å². The molecule has 55 heavy (non-hydrogen) atoms. The van der Waals surface area contributed by atoms with Crippen molar-refractivity contribution in [3.63, 3.8) is 0 Å². The van der Waals surface area contributed by atoms with E-state index in [9.17, 15) is 0 Å². The molecule has 2 nitrogen and oxygen atoms in total. The van der Waals surface area contributed by atoms with Crippen LogP contribution in [0, 0.1) is 0 Å². The molecule has 2 heterocycles. The molecule has 1 aromatic heterocycles. The van der Waals surface area contributed by atoms with Gasteiger partial charge in [-0.1, -0.05) is 133 Å². The molecule has 1 aliphatic rings. The van der Waals surface area contributed by atoms with E-state index < -0.39 is 0 Å². The quantitative estimate of drug-likeness (QED) is 0.184. The molecule has 0 aliphatic carbocycles. The molecule has 10 aromatic rings. The van der Waals surface area contributed by atoms with Gasteiger partial charge in [-0.3, -0.25) is 0 Å². The van der Waals surface area contributed by atoms with Gasteiger partial charge in [0.2, 0.25) is 0 Å². The van der Waals surface area contributed by atoms with Gasteiger partial charge in [0, 0.05) is 64.9 Å². The van der Waals surface area contributed by atoms with Gasteiger partial charge >= 0.3 is 0 Å². The molecule has 0 radical (unpaired) electrons. The van der Waals surface area contributed by atoms with Gasteiger partial charge in [-0.15, -0.1) is 11.3 Å². The van der Waals surface area contributed by atoms with Crippen LogP contribution >= 0.6 is 11.3 Å². The van der Waals surface area contributed by atoms with Crippen molar-refractivity contribution in [1.29, 1.82) is 0 Å². The third kappa shape index (κ3) is 5.40. The highest BCUT2D eigenvalue weighted by Gasteiger charge is 2.21. The Hall–Kier alpha value is -6.94. The predicted octanol–water partition coefficient (Wildman–Crippen LogP) is 15.4. The molecule has 0 saturated carbocycles. The van der Waals surface area contributed by atoms with Crippen LogP contribution in [0.3, 0.4) is 0 Å². The average Bonchev–Trinajstić information content (AvgIpc) is 3.63. The summed E-state index contributed by atoms with van der Waals surface area (Å²) in [7, 11) is 0. The number of fused-ring (bicyclic) bond motifs is 6. The second kappa shape index (κ2) is 12.9. The van der Waals surface area contributed by atoms with Crippen molar-refractivity contribution < 1.29 is 0 Å². The van der Waals surface area contributed by atoms with Crippen molar-refractivity contribution >= 4 is 70.7 Å². The van der Waals surface area contributed by atoms with E-state index in [1.54, 1.807) is 0 Å². The molecule has 258 valence electrons. The number of nitrogens with one attached hydrogen (secondary N) is 1. The van der Waals surface area contributed by atoms with E-state index >= 15 is 0 Å². The number of para-hydroxylation sites is 1. The fourth-order valence-corrected chi connectivity index (χ4v) is 9.49. The van der Waals surface area contributed by atoms with Crippen molar-refractivity contribution in [3.05, 3.63) is 200 Å². The monoisotopic (exact) mass is 718 g/mol. The Balaban J connectivity index is 0.990. The maximum Gasteiger partial charge on any atom is 0.0470 e. The van der Waals surface area contributed by atoms with Gasteiger partial charge < -0.3 is 10.2 Å². The fourth-order valence-electron chi connectivity index (χ4n) is 8.29. The number of rotatable bonds is 6. The summed E-state index contributed by atoms with van der Waals surface area (Å²) in [6.07, 6.45) is 0. The first kappa shape index (κ1) is 31.6. The molecule has 0 bridgehead atoms. The molecule has 3 heteroatoms. The minimum Gasteiger partial charge on any atom is -0.354 e. The van der Waals surface area contributed by atoms with Crippen LogP contribution in [0.5, 0.6) is 0 Å². The van der Waals surface area contributed by atoms with Crippen molar-refractivity contribution in [2.75, 3.05) is 10.2 Å². The molecule has 9 aromatic carbocycles. The van der Waals surface area contributed by atoms with Gasteiger partial charge in [-0.05, 0) is 106 Å². The van der Waals surface area contributed by atoms with Crippen LogP contribution in [0.4, 0.5) is 28.4 Å². The molecule has 0 fully saturated rings. The Morgan fingerprint density at radius 1 is 0.345 bits per heavy atom. The zero-order chi connectivity index (χ0) is 36.3. The van der Waals surface area contributed by atoms with Crippen molar-refractivity contribution in [1.82, 2.24) is 0 Å². The summed E-state index contributed by atoms with van der Waals surface area (Å²) in [4.78, 5) is 2.35. The number of thiophene rings is 1. The molecule has 0 saturated heterocycles. The molecule has 0 amide bonds. The van der Waals surface area contributed by atoms with Crippen LogP contribution in [0.2, 0.25) is 0 Å². The number of anilines is 5. The number of benzene rings is 9.